The van der Waals surface area contributed by atoms with Crippen molar-refractivity contribution in [1.29, 1.82) is 0 Å². The standard InChI is InChI=1S/C33H40N2O6/c1-5-8-28-40-27-16-22-21-12-11-19-15-20(36)13-14-31(19,2)29(21)25(37)17-32(22,3)33(27,41-28)26(38)18-39-30-34-23-9-6-7-10-24(23)35(30)4/h6-7,9-10,13-15,21-22,25,27-29,37H,5,8,11-12,16-18H2,1-4H3/t21?,22?,25-,27-,28+,29?,31?,32?,33+/m0/s1. The molecule has 8 heteroatoms. The molecule has 4 fully saturated rings. The summed E-state index contributed by atoms with van der Waals surface area (Å²) in [6, 6.07) is 8.16. The van der Waals surface area contributed by atoms with E-state index in [9.17, 15) is 14.7 Å². The van der Waals surface area contributed by atoms with Gasteiger partial charge in [-0.15, -0.1) is 0 Å². The highest BCUT2D eigenvalue weighted by atomic mass is 16.7. The van der Waals surface area contributed by atoms with Crippen molar-refractivity contribution in [3.63, 3.8) is 0 Å². The fraction of sp³-hybridized carbons (Fsp3) is 0.606. The lowest BCUT2D eigenvalue weighted by atomic mass is 9.46. The van der Waals surface area contributed by atoms with E-state index in [1.165, 1.54) is 0 Å². The van der Waals surface area contributed by atoms with Crippen molar-refractivity contribution in [3.8, 4) is 6.01 Å². The van der Waals surface area contributed by atoms with Crippen molar-refractivity contribution in [1.82, 2.24) is 9.55 Å². The van der Waals surface area contributed by atoms with Gasteiger partial charge < -0.3 is 19.3 Å². The molecule has 0 spiro atoms. The highest BCUT2D eigenvalue weighted by molar-refractivity contribution is 6.01. The molecule has 1 N–H and O–H groups in total. The summed E-state index contributed by atoms with van der Waals surface area (Å²) in [5.41, 5.74) is 0.653. The van der Waals surface area contributed by atoms with E-state index in [1.54, 1.807) is 12.2 Å². The summed E-state index contributed by atoms with van der Waals surface area (Å²) < 4.78 is 21.2. The minimum atomic E-state index is -1.20. The second-order valence-corrected chi connectivity index (χ2v) is 13.3. The average Bonchev–Trinajstić information content (AvgIpc) is 3.55. The number of aryl methyl sites for hydroxylation is 1. The van der Waals surface area contributed by atoms with Gasteiger partial charge in [-0.1, -0.05) is 51.0 Å². The molecule has 5 aliphatic rings. The lowest BCUT2D eigenvalue weighted by Crippen LogP contribution is -2.63. The minimum absolute atomic E-state index is 0.0235. The third-order valence-corrected chi connectivity index (χ3v) is 11.3. The number of hydrogen-bond donors (Lipinski definition) is 1. The quantitative estimate of drug-likeness (QED) is 0.547. The first-order valence-electron chi connectivity index (χ1n) is 15.2. The first-order chi connectivity index (χ1) is 19.6. The van der Waals surface area contributed by atoms with Crippen LogP contribution in [0.1, 0.15) is 59.3 Å². The molecular weight excluding hydrogens is 520 g/mol. The van der Waals surface area contributed by atoms with Crippen LogP contribution in [0.4, 0.5) is 0 Å². The summed E-state index contributed by atoms with van der Waals surface area (Å²) in [4.78, 5) is 31.2. The van der Waals surface area contributed by atoms with Gasteiger partial charge in [0.2, 0.25) is 5.78 Å². The van der Waals surface area contributed by atoms with Crippen molar-refractivity contribution >= 4 is 22.6 Å². The molecule has 1 aromatic heterocycles. The number of fused-ring (bicyclic) bond motifs is 8. The number of Topliss-reactive ketones (excluding diaryl/α,β-unsaturated/α-hetero) is 1. The van der Waals surface area contributed by atoms with Crippen LogP contribution >= 0.6 is 0 Å². The molecule has 9 atom stereocenters. The van der Waals surface area contributed by atoms with Gasteiger partial charge >= 0.3 is 0 Å². The number of benzene rings is 1. The average molecular weight is 561 g/mol. The van der Waals surface area contributed by atoms with Crippen LogP contribution in [0, 0.1) is 28.6 Å². The number of aromatic nitrogens is 2. The van der Waals surface area contributed by atoms with E-state index in [0.717, 1.165) is 35.9 Å². The van der Waals surface area contributed by atoms with Gasteiger partial charge in [-0.05, 0) is 68.2 Å². The van der Waals surface area contributed by atoms with Gasteiger partial charge in [0.1, 0.15) is 0 Å². The first kappa shape index (κ1) is 27.0. The second kappa shape index (κ2) is 9.35. The monoisotopic (exact) mass is 560 g/mol. The molecule has 0 radical (unpaired) electrons. The Kier molecular flexibility index (Phi) is 6.17. The summed E-state index contributed by atoms with van der Waals surface area (Å²) >= 11 is 0. The van der Waals surface area contributed by atoms with Crippen molar-refractivity contribution in [2.75, 3.05) is 6.61 Å². The van der Waals surface area contributed by atoms with Crippen LogP contribution in [0.15, 0.2) is 48.1 Å². The second-order valence-electron chi connectivity index (χ2n) is 13.3. The van der Waals surface area contributed by atoms with Gasteiger partial charge in [0.25, 0.3) is 6.01 Å². The number of rotatable bonds is 6. The van der Waals surface area contributed by atoms with Crippen LogP contribution in [0.5, 0.6) is 6.01 Å². The maximum absolute atomic E-state index is 14.4. The fourth-order valence-corrected chi connectivity index (χ4v) is 9.50. The Morgan fingerprint density at radius 1 is 1.27 bits per heavy atom. The van der Waals surface area contributed by atoms with Crippen LogP contribution in [-0.2, 0) is 26.1 Å². The van der Waals surface area contributed by atoms with Crippen molar-refractivity contribution in [2.45, 2.75) is 83.4 Å². The van der Waals surface area contributed by atoms with E-state index in [2.05, 4.69) is 25.8 Å². The molecular formula is C33H40N2O6. The summed E-state index contributed by atoms with van der Waals surface area (Å²) in [5.74, 6) is 0.160. The predicted molar refractivity (Wildman–Crippen MR) is 152 cm³/mol. The molecule has 0 bridgehead atoms. The van der Waals surface area contributed by atoms with Crippen LogP contribution in [0.3, 0.4) is 0 Å². The number of imidazole rings is 1. The molecule has 2 aromatic rings. The highest BCUT2D eigenvalue weighted by Crippen LogP contribution is 2.69. The molecule has 2 heterocycles. The van der Waals surface area contributed by atoms with E-state index in [0.29, 0.717) is 25.3 Å². The van der Waals surface area contributed by atoms with E-state index in [4.69, 9.17) is 14.2 Å². The number of ketones is 2. The normalized spacial score (nSPS) is 41.0. The molecule has 5 unspecified atom stereocenters. The Bertz CT molecular complexity index is 1480. The summed E-state index contributed by atoms with van der Waals surface area (Å²) in [6.45, 7) is 6.20. The van der Waals surface area contributed by atoms with Crippen LogP contribution < -0.4 is 4.74 Å². The number of nitrogens with zero attached hydrogens (tertiary/aromatic N) is 2. The lowest BCUT2D eigenvalue weighted by Gasteiger charge is -2.59. The minimum Gasteiger partial charge on any atom is -0.457 e. The van der Waals surface area contributed by atoms with Gasteiger partial charge in [0.05, 0.1) is 23.2 Å². The van der Waals surface area contributed by atoms with E-state index < -0.39 is 29.5 Å². The number of carbonyl (C=O) groups is 2. The number of carbonyl (C=O) groups excluding carboxylic acids is 2. The topological polar surface area (TPSA) is 99.9 Å². The third kappa shape index (κ3) is 3.66. The summed E-state index contributed by atoms with van der Waals surface area (Å²) in [7, 11) is 1.88. The predicted octanol–water partition coefficient (Wildman–Crippen LogP) is 4.69. The number of hydrogen-bond acceptors (Lipinski definition) is 7. The molecule has 0 amide bonds. The Morgan fingerprint density at radius 3 is 2.85 bits per heavy atom. The number of para-hydroxylation sites is 2. The molecule has 1 saturated heterocycles. The summed E-state index contributed by atoms with van der Waals surface area (Å²) in [5, 5.41) is 11.9. The highest BCUT2D eigenvalue weighted by Gasteiger charge is 2.75. The summed E-state index contributed by atoms with van der Waals surface area (Å²) in [6.07, 6.45) is 8.34. The van der Waals surface area contributed by atoms with E-state index >= 15 is 0 Å². The zero-order valence-electron chi connectivity index (χ0n) is 24.3. The zero-order chi connectivity index (χ0) is 28.7. The van der Waals surface area contributed by atoms with Crippen molar-refractivity contribution < 1.29 is 28.9 Å². The molecule has 3 saturated carbocycles. The smallest absolute Gasteiger partial charge is 0.297 e. The molecule has 8 nitrogen and oxygen atoms in total. The number of aliphatic hydroxyl groups is 1. The molecule has 4 aliphatic carbocycles. The van der Waals surface area contributed by atoms with Gasteiger partial charge in [0, 0.05) is 23.8 Å². The SMILES string of the molecule is CCC[C@@H]1O[C@H]2CC3C4CCC5=CC(=O)C=CC5(C)C4[C@@H](O)CC3(C)[C@]2(C(=O)COc2nc3ccccc3n2C)O1. The fourth-order valence-electron chi connectivity index (χ4n) is 9.50. The largest absolute Gasteiger partial charge is 0.457 e. The maximum atomic E-state index is 14.4. The van der Waals surface area contributed by atoms with Crippen molar-refractivity contribution in [2.24, 2.45) is 35.6 Å². The molecule has 1 aliphatic heterocycles. The molecule has 41 heavy (non-hydrogen) atoms. The van der Waals surface area contributed by atoms with Gasteiger partial charge in [-0.25, -0.2) is 0 Å². The van der Waals surface area contributed by atoms with Crippen LogP contribution in [0.25, 0.3) is 11.0 Å². The molecule has 1 aromatic carbocycles. The van der Waals surface area contributed by atoms with Gasteiger partial charge in [-0.3, -0.25) is 14.2 Å². The van der Waals surface area contributed by atoms with Gasteiger partial charge in [-0.2, -0.15) is 4.98 Å². The Labute approximate surface area is 240 Å². The van der Waals surface area contributed by atoms with Crippen molar-refractivity contribution in [3.05, 3.63) is 48.1 Å². The Morgan fingerprint density at radius 2 is 2.07 bits per heavy atom. The Hall–Kier alpha value is -2.81. The van der Waals surface area contributed by atoms with Crippen LogP contribution in [-0.4, -0.2) is 56.9 Å². The first-order valence-corrected chi connectivity index (χ1v) is 15.2. The zero-order valence-corrected chi connectivity index (χ0v) is 24.3. The third-order valence-electron chi connectivity index (χ3n) is 11.3. The molecule has 7 rings (SSSR count). The number of allylic oxidation sites excluding steroid dienone is 4. The number of ether oxygens (including phenoxy) is 3. The number of aliphatic hydroxyl groups excluding tert-OH is 1. The van der Waals surface area contributed by atoms with Crippen LogP contribution in [0.2, 0.25) is 0 Å². The van der Waals surface area contributed by atoms with E-state index in [-0.39, 0.29) is 41.3 Å². The lowest BCUT2D eigenvalue weighted by molar-refractivity contribution is -0.200. The molecule has 218 valence electrons. The van der Waals surface area contributed by atoms with E-state index in [1.807, 2.05) is 42.0 Å². The maximum Gasteiger partial charge on any atom is 0.297 e. The Balaban J connectivity index is 1.23. The van der Waals surface area contributed by atoms with Gasteiger partial charge in [0.15, 0.2) is 24.3 Å².